The summed E-state index contributed by atoms with van der Waals surface area (Å²) in [5, 5.41) is 13.3. The van der Waals surface area contributed by atoms with Gasteiger partial charge in [-0.15, -0.1) is 11.3 Å². The second-order valence-corrected chi connectivity index (χ2v) is 9.93. The van der Waals surface area contributed by atoms with Crippen LogP contribution in [0.2, 0.25) is 0 Å². The van der Waals surface area contributed by atoms with Gasteiger partial charge in [-0.25, -0.2) is 0 Å². The summed E-state index contributed by atoms with van der Waals surface area (Å²) in [5.41, 5.74) is 3.80. The molecule has 1 aromatic heterocycles. The first-order valence-corrected chi connectivity index (χ1v) is 11.9. The van der Waals surface area contributed by atoms with Gasteiger partial charge in [0.15, 0.2) is 0 Å². The van der Waals surface area contributed by atoms with Crippen molar-refractivity contribution in [2.75, 3.05) is 31.6 Å². The minimum Gasteiger partial charge on any atom is -0.481 e. The van der Waals surface area contributed by atoms with Gasteiger partial charge in [-0.2, -0.15) is 0 Å². The van der Waals surface area contributed by atoms with Crippen LogP contribution < -0.4 is 5.32 Å². The Balaban J connectivity index is 1.63. The van der Waals surface area contributed by atoms with Gasteiger partial charge in [-0.05, 0) is 57.9 Å². The van der Waals surface area contributed by atoms with Crippen molar-refractivity contribution in [2.24, 2.45) is 11.8 Å². The van der Waals surface area contributed by atoms with Crippen LogP contribution in [-0.4, -0.2) is 54.1 Å². The van der Waals surface area contributed by atoms with Crippen molar-refractivity contribution >= 4 is 34.1 Å². The Hall–Kier alpha value is -2.19. The van der Waals surface area contributed by atoms with E-state index in [1.165, 1.54) is 16.2 Å². The Kier molecular flexibility index (Phi) is 6.48. The fourth-order valence-corrected chi connectivity index (χ4v) is 6.12. The molecule has 4 rings (SSSR count). The fourth-order valence-electron chi connectivity index (χ4n) is 4.84. The number of nitrogens with zero attached hydrogens (tertiary/aromatic N) is 1. The van der Waals surface area contributed by atoms with Gasteiger partial charge in [0, 0.05) is 18.0 Å². The zero-order valence-corrected chi connectivity index (χ0v) is 19.0. The number of aryl methyl sites for hydroxylation is 1. The Morgan fingerprint density at radius 1 is 1.03 bits per heavy atom. The maximum atomic E-state index is 13.4. The molecule has 1 aromatic rings. The summed E-state index contributed by atoms with van der Waals surface area (Å²) >= 11 is 1.49. The van der Waals surface area contributed by atoms with Crippen LogP contribution in [0.4, 0.5) is 5.00 Å². The number of fused-ring (bicyclic) bond motifs is 1. The van der Waals surface area contributed by atoms with E-state index in [1.807, 2.05) is 13.8 Å². The number of allylic oxidation sites excluding steroid dienone is 2. The molecule has 2 N–H and O–H groups in total. The number of anilines is 1. The van der Waals surface area contributed by atoms with Crippen LogP contribution in [-0.2, 0) is 27.2 Å². The number of rotatable bonds is 4. The molecule has 0 radical (unpaired) electrons. The highest BCUT2D eigenvalue weighted by Gasteiger charge is 2.38. The third-order valence-electron chi connectivity index (χ3n) is 6.84. The van der Waals surface area contributed by atoms with E-state index in [0.717, 1.165) is 42.4 Å². The molecule has 1 fully saturated rings. The first-order valence-electron chi connectivity index (χ1n) is 11.1. The average molecular weight is 447 g/mol. The summed E-state index contributed by atoms with van der Waals surface area (Å²) in [5.74, 6) is -2.66. The van der Waals surface area contributed by atoms with Crippen molar-refractivity contribution < 1.29 is 24.2 Å². The lowest BCUT2D eigenvalue weighted by Crippen LogP contribution is -2.41. The maximum absolute atomic E-state index is 13.4. The predicted octanol–water partition coefficient (Wildman–Crippen LogP) is 3.49. The van der Waals surface area contributed by atoms with E-state index in [2.05, 4.69) is 5.32 Å². The summed E-state index contributed by atoms with van der Waals surface area (Å²) in [6, 6.07) is 0. The van der Waals surface area contributed by atoms with Crippen molar-refractivity contribution in [3.05, 3.63) is 27.2 Å². The minimum atomic E-state index is -0.943. The molecule has 1 aliphatic heterocycles. The molecule has 1 saturated heterocycles. The van der Waals surface area contributed by atoms with E-state index in [9.17, 15) is 19.5 Å². The zero-order valence-electron chi connectivity index (χ0n) is 18.2. The van der Waals surface area contributed by atoms with Crippen molar-refractivity contribution in [1.29, 1.82) is 0 Å². The van der Waals surface area contributed by atoms with Crippen LogP contribution >= 0.6 is 11.3 Å². The monoisotopic (exact) mass is 446 g/mol. The summed E-state index contributed by atoms with van der Waals surface area (Å²) < 4.78 is 5.39. The minimum absolute atomic E-state index is 0.0525. The average Bonchev–Trinajstić information content (AvgIpc) is 3.12. The van der Waals surface area contributed by atoms with E-state index in [0.29, 0.717) is 49.7 Å². The largest absolute Gasteiger partial charge is 0.481 e. The summed E-state index contributed by atoms with van der Waals surface area (Å²) in [6.45, 7) is 6.03. The number of hydrogen-bond acceptors (Lipinski definition) is 5. The Labute approximate surface area is 186 Å². The standard InChI is InChI=1S/C23H30N2O5S/c1-13-11-16(17(23(28)29)12-14(13)2)20(26)24-21-19(15-5-3-4-6-18(15)31-21)22(27)25-7-9-30-10-8-25/h16-17H,3-12H2,1-2H3,(H,24,26)(H,28,29)/t16-,17+/m0/s1. The number of aliphatic carboxylic acids is 1. The van der Waals surface area contributed by atoms with Crippen LogP contribution in [0.25, 0.3) is 0 Å². The van der Waals surface area contributed by atoms with Gasteiger partial charge in [-0.1, -0.05) is 11.1 Å². The number of morpholine rings is 1. The highest BCUT2D eigenvalue weighted by Crippen LogP contribution is 2.41. The van der Waals surface area contributed by atoms with Gasteiger partial charge in [0.05, 0.1) is 30.6 Å². The number of thiophene rings is 1. The zero-order chi connectivity index (χ0) is 22.1. The summed E-state index contributed by atoms with van der Waals surface area (Å²) in [4.78, 5) is 41.5. The SMILES string of the molecule is CC1=C(C)C[C@@H](C(=O)O)[C@@H](C(=O)Nc2sc3c(c2C(=O)N2CCOCC2)CCCC3)C1. The van der Waals surface area contributed by atoms with E-state index in [1.54, 1.807) is 4.90 Å². The van der Waals surface area contributed by atoms with E-state index >= 15 is 0 Å². The van der Waals surface area contributed by atoms with Gasteiger partial charge >= 0.3 is 5.97 Å². The molecule has 8 heteroatoms. The van der Waals surface area contributed by atoms with Crippen molar-refractivity contribution in [3.8, 4) is 0 Å². The smallest absolute Gasteiger partial charge is 0.307 e. The predicted molar refractivity (Wildman–Crippen MR) is 119 cm³/mol. The molecule has 7 nitrogen and oxygen atoms in total. The Morgan fingerprint density at radius 3 is 2.35 bits per heavy atom. The number of amides is 2. The topological polar surface area (TPSA) is 95.9 Å². The van der Waals surface area contributed by atoms with E-state index < -0.39 is 17.8 Å². The number of nitrogens with one attached hydrogen (secondary N) is 1. The molecule has 0 saturated carbocycles. The normalized spacial score (nSPS) is 24.0. The molecule has 0 unspecified atom stereocenters. The third kappa shape index (κ3) is 4.41. The number of carbonyl (C=O) groups excluding carboxylic acids is 2. The van der Waals surface area contributed by atoms with Gasteiger partial charge in [-0.3, -0.25) is 14.4 Å². The molecule has 168 valence electrons. The molecule has 2 aliphatic carbocycles. The van der Waals surface area contributed by atoms with Crippen LogP contribution in [0.3, 0.4) is 0 Å². The lowest BCUT2D eigenvalue weighted by atomic mass is 9.76. The molecule has 31 heavy (non-hydrogen) atoms. The highest BCUT2D eigenvalue weighted by atomic mass is 32.1. The molecule has 2 heterocycles. The second-order valence-electron chi connectivity index (χ2n) is 8.83. The quantitative estimate of drug-likeness (QED) is 0.691. The lowest BCUT2D eigenvalue weighted by molar-refractivity contribution is -0.146. The fraction of sp³-hybridized carbons (Fsp3) is 0.609. The molecular formula is C23H30N2O5S. The number of carbonyl (C=O) groups is 3. The number of hydrogen-bond donors (Lipinski definition) is 2. The first kappa shape index (κ1) is 22.0. The Bertz CT molecular complexity index is 929. The van der Waals surface area contributed by atoms with Crippen LogP contribution in [0.15, 0.2) is 11.1 Å². The number of carboxylic acids is 1. The van der Waals surface area contributed by atoms with Gasteiger partial charge < -0.3 is 20.1 Å². The second kappa shape index (κ2) is 9.12. The van der Waals surface area contributed by atoms with Crippen LogP contribution in [0.5, 0.6) is 0 Å². The maximum Gasteiger partial charge on any atom is 0.307 e. The number of ether oxygens (including phenoxy) is 1. The van der Waals surface area contributed by atoms with E-state index in [-0.39, 0.29) is 11.8 Å². The lowest BCUT2D eigenvalue weighted by Gasteiger charge is -2.30. The molecule has 3 aliphatic rings. The van der Waals surface area contributed by atoms with Crippen molar-refractivity contribution in [1.82, 2.24) is 4.90 Å². The molecule has 2 atom stereocenters. The summed E-state index contributed by atoms with van der Waals surface area (Å²) in [6.07, 6.45) is 4.70. The van der Waals surface area contributed by atoms with Gasteiger partial charge in [0.25, 0.3) is 5.91 Å². The first-order chi connectivity index (χ1) is 14.9. The van der Waals surface area contributed by atoms with Crippen LogP contribution in [0, 0.1) is 11.8 Å². The molecule has 0 aromatic carbocycles. The molecule has 2 amide bonds. The molecule has 0 bridgehead atoms. The van der Waals surface area contributed by atoms with E-state index in [4.69, 9.17) is 4.74 Å². The Morgan fingerprint density at radius 2 is 1.68 bits per heavy atom. The molecular weight excluding hydrogens is 416 g/mol. The molecule has 0 spiro atoms. The summed E-state index contributed by atoms with van der Waals surface area (Å²) in [7, 11) is 0. The third-order valence-corrected chi connectivity index (χ3v) is 8.05. The van der Waals surface area contributed by atoms with Crippen molar-refractivity contribution in [3.63, 3.8) is 0 Å². The van der Waals surface area contributed by atoms with Crippen LogP contribution in [0.1, 0.15) is 60.3 Å². The van der Waals surface area contributed by atoms with Gasteiger partial charge in [0.1, 0.15) is 5.00 Å². The highest BCUT2D eigenvalue weighted by molar-refractivity contribution is 7.17. The van der Waals surface area contributed by atoms with Crippen molar-refractivity contribution in [2.45, 2.75) is 52.4 Å². The number of carboxylic acid groups (broad SMARTS) is 1. The van der Waals surface area contributed by atoms with Gasteiger partial charge in [0.2, 0.25) is 5.91 Å².